The summed E-state index contributed by atoms with van der Waals surface area (Å²) in [5.74, 6) is 6.06. The SMILES string of the molecule is N[N+]12CCCC(C1)OCC2. The molecule has 2 bridgehead atoms. The fraction of sp³-hybridized carbons (Fsp3) is 1.00. The minimum absolute atomic E-state index is 0.465. The first kappa shape index (κ1) is 6.58. The van der Waals surface area contributed by atoms with Crippen LogP contribution in [0.25, 0.3) is 0 Å². The zero-order valence-electron chi connectivity index (χ0n) is 6.25. The summed E-state index contributed by atoms with van der Waals surface area (Å²) in [4.78, 5) is 0. The summed E-state index contributed by atoms with van der Waals surface area (Å²) in [6, 6.07) is 0. The normalized spacial score (nSPS) is 47.1. The summed E-state index contributed by atoms with van der Waals surface area (Å²) >= 11 is 0. The molecule has 0 saturated carbocycles. The molecule has 2 aliphatic heterocycles. The molecular formula is C7H15N2O+. The van der Waals surface area contributed by atoms with Crippen molar-refractivity contribution in [3.63, 3.8) is 0 Å². The molecule has 0 spiro atoms. The van der Waals surface area contributed by atoms with Gasteiger partial charge in [0.1, 0.15) is 19.2 Å². The Morgan fingerprint density at radius 2 is 2.30 bits per heavy atom. The number of morpholine rings is 1. The molecule has 2 fully saturated rings. The van der Waals surface area contributed by atoms with Gasteiger partial charge in [0.05, 0.1) is 13.2 Å². The van der Waals surface area contributed by atoms with Crippen molar-refractivity contribution in [2.75, 3.05) is 26.2 Å². The maximum atomic E-state index is 6.06. The molecule has 2 atom stereocenters. The minimum atomic E-state index is 0.465. The number of fused-ring (bicyclic) bond motifs is 2. The molecule has 0 aliphatic carbocycles. The molecule has 58 valence electrons. The molecule has 2 aliphatic rings. The van der Waals surface area contributed by atoms with Crippen molar-refractivity contribution in [1.82, 2.24) is 0 Å². The van der Waals surface area contributed by atoms with Crippen LogP contribution in [-0.4, -0.2) is 36.9 Å². The van der Waals surface area contributed by atoms with E-state index in [0.29, 0.717) is 6.10 Å². The fourth-order valence-electron chi connectivity index (χ4n) is 1.96. The standard InChI is InChI=1S/C7H15N2O/c8-9-3-1-2-7(6-9)10-5-4-9/h7H,1-6,8H2/q+1. The lowest BCUT2D eigenvalue weighted by molar-refractivity contribution is -0.954. The first-order valence-corrected chi connectivity index (χ1v) is 4.05. The zero-order chi connectivity index (χ0) is 7.03. The quantitative estimate of drug-likeness (QED) is 0.379. The Labute approximate surface area is 61.3 Å². The number of rotatable bonds is 0. The van der Waals surface area contributed by atoms with Crippen LogP contribution in [0.15, 0.2) is 0 Å². The summed E-state index contributed by atoms with van der Waals surface area (Å²) < 4.78 is 6.29. The van der Waals surface area contributed by atoms with Gasteiger partial charge in [0.15, 0.2) is 0 Å². The van der Waals surface area contributed by atoms with Crippen LogP contribution in [0.2, 0.25) is 0 Å². The summed E-state index contributed by atoms with van der Waals surface area (Å²) in [5.41, 5.74) is 0. The van der Waals surface area contributed by atoms with E-state index in [9.17, 15) is 0 Å². The lowest BCUT2D eigenvalue weighted by atomic mass is 10.1. The van der Waals surface area contributed by atoms with Gasteiger partial charge in [-0.15, -0.1) is 0 Å². The molecule has 0 aromatic carbocycles. The van der Waals surface area contributed by atoms with E-state index in [0.717, 1.165) is 30.8 Å². The summed E-state index contributed by atoms with van der Waals surface area (Å²) in [5, 5.41) is 0. The van der Waals surface area contributed by atoms with E-state index in [1.54, 1.807) is 0 Å². The van der Waals surface area contributed by atoms with Crippen molar-refractivity contribution in [1.29, 1.82) is 0 Å². The monoisotopic (exact) mass is 143 g/mol. The molecule has 2 rings (SSSR count). The van der Waals surface area contributed by atoms with E-state index in [1.165, 1.54) is 12.8 Å². The van der Waals surface area contributed by atoms with Gasteiger partial charge in [-0.2, -0.15) is 5.84 Å². The van der Waals surface area contributed by atoms with Crippen molar-refractivity contribution in [3.8, 4) is 0 Å². The van der Waals surface area contributed by atoms with E-state index in [1.807, 2.05) is 0 Å². The Hall–Kier alpha value is -0.120. The molecule has 2 saturated heterocycles. The second-order valence-corrected chi connectivity index (χ2v) is 3.48. The Bertz CT molecular complexity index is 128. The van der Waals surface area contributed by atoms with E-state index >= 15 is 0 Å². The maximum absolute atomic E-state index is 6.06. The molecule has 0 amide bonds. The minimum Gasteiger partial charge on any atom is -0.366 e. The molecule has 0 radical (unpaired) electrons. The third-order valence-electron chi connectivity index (χ3n) is 2.59. The van der Waals surface area contributed by atoms with Gasteiger partial charge in [0.2, 0.25) is 0 Å². The van der Waals surface area contributed by atoms with Crippen LogP contribution < -0.4 is 5.84 Å². The molecule has 3 heteroatoms. The number of quaternary nitrogens is 1. The lowest BCUT2D eigenvalue weighted by Gasteiger charge is -2.43. The maximum Gasteiger partial charge on any atom is 0.123 e. The van der Waals surface area contributed by atoms with Gasteiger partial charge < -0.3 is 4.74 Å². The van der Waals surface area contributed by atoms with Crippen molar-refractivity contribution in [2.45, 2.75) is 18.9 Å². The van der Waals surface area contributed by atoms with Gasteiger partial charge in [-0.05, 0) is 6.42 Å². The van der Waals surface area contributed by atoms with Gasteiger partial charge in [-0.1, -0.05) is 0 Å². The molecule has 2 unspecified atom stereocenters. The van der Waals surface area contributed by atoms with Crippen molar-refractivity contribution < 1.29 is 9.33 Å². The predicted molar refractivity (Wildman–Crippen MR) is 38.0 cm³/mol. The fourth-order valence-corrected chi connectivity index (χ4v) is 1.96. The lowest BCUT2D eigenvalue weighted by Crippen LogP contribution is -2.65. The van der Waals surface area contributed by atoms with Gasteiger partial charge >= 0.3 is 0 Å². The van der Waals surface area contributed by atoms with Crippen LogP contribution in [0.1, 0.15) is 12.8 Å². The molecular weight excluding hydrogens is 128 g/mol. The number of hydrogen-bond acceptors (Lipinski definition) is 2. The molecule has 2 N–H and O–H groups in total. The molecule has 0 aromatic rings. The average Bonchev–Trinajstić information content (AvgIpc) is 1.86. The zero-order valence-corrected chi connectivity index (χ0v) is 6.25. The number of ether oxygens (including phenoxy) is 1. The summed E-state index contributed by atoms with van der Waals surface area (Å²) in [7, 11) is 0. The Morgan fingerprint density at radius 3 is 3.00 bits per heavy atom. The smallest absolute Gasteiger partial charge is 0.123 e. The van der Waals surface area contributed by atoms with E-state index in [-0.39, 0.29) is 0 Å². The Morgan fingerprint density at radius 1 is 1.40 bits per heavy atom. The van der Waals surface area contributed by atoms with Crippen molar-refractivity contribution >= 4 is 0 Å². The first-order valence-electron chi connectivity index (χ1n) is 4.05. The van der Waals surface area contributed by atoms with Gasteiger partial charge in [0.25, 0.3) is 0 Å². The van der Waals surface area contributed by atoms with E-state index in [2.05, 4.69) is 0 Å². The van der Waals surface area contributed by atoms with Crippen LogP contribution in [0.4, 0.5) is 0 Å². The second-order valence-electron chi connectivity index (χ2n) is 3.48. The Balaban J connectivity index is 2.07. The highest BCUT2D eigenvalue weighted by atomic mass is 16.5. The topological polar surface area (TPSA) is 35.2 Å². The van der Waals surface area contributed by atoms with E-state index < -0.39 is 0 Å². The summed E-state index contributed by atoms with van der Waals surface area (Å²) in [6.45, 7) is 4.07. The molecule has 10 heavy (non-hydrogen) atoms. The van der Waals surface area contributed by atoms with Crippen LogP contribution in [-0.2, 0) is 4.74 Å². The molecule has 3 nitrogen and oxygen atoms in total. The number of nitrogens with zero attached hydrogens (tertiary/aromatic N) is 1. The van der Waals surface area contributed by atoms with Gasteiger partial charge in [-0.3, -0.25) is 0 Å². The van der Waals surface area contributed by atoms with Gasteiger partial charge in [0, 0.05) is 6.42 Å². The average molecular weight is 143 g/mol. The second kappa shape index (κ2) is 2.19. The number of hydrogen-bond donors (Lipinski definition) is 1. The highest BCUT2D eigenvalue weighted by molar-refractivity contribution is 4.66. The summed E-state index contributed by atoms with van der Waals surface area (Å²) in [6.07, 6.45) is 2.92. The largest absolute Gasteiger partial charge is 0.366 e. The van der Waals surface area contributed by atoms with Crippen molar-refractivity contribution in [3.05, 3.63) is 0 Å². The molecule has 2 heterocycles. The Kier molecular flexibility index (Phi) is 1.44. The van der Waals surface area contributed by atoms with Crippen LogP contribution in [0.5, 0.6) is 0 Å². The number of piperidine rings is 1. The van der Waals surface area contributed by atoms with Gasteiger partial charge in [-0.25, -0.2) is 4.59 Å². The third-order valence-corrected chi connectivity index (χ3v) is 2.59. The highest BCUT2D eigenvalue weighted by Crippen LogP contribution is 2.20. The highest BCUT2D eigenvalue weighted by Gasteiger charge is 2.36. The van der Waals surface area contributed by atoms with Crippen molar-refractivity contribution in [2.24, 2.45) is 5.84 Å². The van der Waals surface area contributed by atoms with Crippen LogP contribution in [0.3, 0.4) is 0 Å². The predicted octanol–water partition coefficient (Wildman–Crippen LogP) is -0.131. The van der Waals surface area contributed by atoms with Crippen LogP contribution in [0, 0.1) is 0 Å². The van der Waals surface area contributed by atoms with Crippen LogP contribution >= 0.6 is 0 Å². The number of nitrogens with two attached hydrogens (primary N) is 1. The third kappa shape index (κ3) is 1.05. The van der Waals surface area contributed by atoms with E-state index in [4.69, 9.17) is 10.6 Å². The molecule has 0 aromatic heterocycles. The first-order chi connectivity index (χ1) is 4.79.